The number of rotatable bonds is 1. The van der Waals surface area contributed by atoms with Crippen LogP contribution in [0.2, 0.25) is 0 Å². The summed E-state index contributed by atoms with van der Waals surface area (Å²) in [7, 11) is 0. The van der Waals surface area contributed by atoms with Crippen molar-refractivity contribution in [2.75, 3.05) is 0 Å². The molecular weight excluding hydrogens is 144 g/mol. The maximum atomic E-state index is 2.44. The van der Waals surface area contributed by atoms with Gasteiger partial charge in [-0.25, -0.2) is 0 Å². The Bertz CT molecular complexity index is 244. The SMILES string of the molecule is CC(C)(C)C1=CC(C2CC2)=CC1. The predicted molar refractivity (Wildman–Crippen MR) is 53.0 cm³/mol. The molecule has 0 unspecified atom stereocenters. The van der Waals surface area contributed by atoms with Gasteiger partial charge >= 0.3 is 0 Å². The minimum atomic E-state index is 0.382. The molecule has 0 aromatic rings. The fourth-order valence-electron chi connectivity index (χ4n) is 1.77. The van der Waals surface area contributed by atoms with Crippen LogP contribution in [0, 0.1) is 11.3 Å². The second kappa shape index (κ2) is 2.48. The number of allylic oxidation sites excluding steroid dienone is 4. The zero-order chi connectivity index (χ0) is 8.77. The Labute approximate surface area is 75.4 Å². The monoisotopic (exact) mass is 162 g/mol. The third-order valence-electron chi connectivity index (χ3n) is 2.91. The van der Waals surface area contributed by atoms with E-state index in [1.807, 2.05) is 0 Å². The average molecular weight is 162 g/mol. The molecule has 0 atom stereocenters. The highest BCUT2D eigenvalue weighted by atomic mass is 14.3. The summed E-state index contributed by atoms with van der Waals surface area (Å²) in [6.45, 7) is 6.92. The number of hydrogen-bond donors (Lipinski definition) is 0. The molecule has 1 fully saturated rings. The highest BCUT2D eigenvalue weighted by molar-refractivity contribution is 5.38. The zero-order valence-electron chi connectivity index (χ0n) is 8.35. The Morgan fingerprint density at radius 2 is 1.92 bits per heavy atom. The summed E-state index contributed by atoms with van der Waals surface area (Å²) < 4.78 is 0. The van der Waals surface area contributed by atoms with Gasteiger partial charge in [0.1, 0.15) is 0 Å². The van der Waals surface area contributed by atoms with E-state index in [4.69, 9.17) is 0 Å². The van der Waals surface area contributed by atoms with Crippen molar-refractivity contribution in [1.29, 1.82) is 0 Å². The van der Waals surface area contributed by atoms with Gasteiger partial charge in [0.25, 0.3) is 0 Å². The quantitative estimate of drug-likeness (QED) is 0.551. The van der Waals surface area contributed by atoms with Crippen LogP contribution in [-0.2, 0) is 0 Å². The van der Waals surface area contributed by atoms with Crippen molar-refractivity contribution in [3.05, 3.63) is 23.3 Å². The lowest BCUT2D eigenvalue weighted by atomic mass is 9.86. The second-order valence-corrected chi connectivity index (χ2v) is 5.10. The van der Waals surface area contributed by atoms with Gasteiger partial charge in [-0.15, -0.1) is 0 Å². The van der Waals surface area contributed by atoms with E-state index < -0.39 is 0 Å². The van der Waals surface area contributed by atoms with E-state index in [-0.39, 0.29) is 0 Å². The van der Waals surface area contributed by atoms with Gasteiger partial charge in [-0.1, -0.05) is 38.5 Å². The summed E-state index contributed by atoms with van der Waals surface area (Å²) in [5.74, 6) is 0.935. The van der Waals surface area contributed by atoms with E-state index in [0.717, 1.165) is 5.92 Å². The highest BCUT2D eigenvalue weighted by Gasteiger charge is 2.28. The second-order valence-electron chi connectivity index (χ2n) is 5.10. The lowest BCUT2D eigenvalue weighted by Gasteiger charge is -2.19. The van der Waals surface area contributed by atoms with Crippen molar-refractivity contribution in [2.24, 2.45) is 11.3 Å². The molecule has 0 aliphatic heterocycles. The minimum Gasteiger partial charge on any atom is -0.0769 e. The molecule has 66 valence electrons. The fourth-order valence-corrected chi connectivity index (χ4v) is 1.77. The van der Waals surface area contributed by atoms with Crippen molar-refractivity contribution >= 4 is 0 Å². The first kappa shape index (κ1) is 8.10. The minimum absolute atomic E-state index is 0.382. The summed E-state index contributed by atoms with van der Waals surface area (Å²) in [5, 5.41) is 0. The first-order valence-electron chi connectivity index (χ1n) is 4.98. The molecule has 0 radical (unpaired) electrons. The molecule has 0 amide bonds. The largest absolute Gasteiger partial charge is 0.0769 e. The Balaban J connectivity index is 2.10. The van der Waals surface area contributed by atoms with E-state index in [2.05, 4.69) is 32.9 Å². The van der Waals surface area contributed by atoms with Crippen LogP contribution in [0.15, 0.2) is 23.3 Å². The van der Waals surface area contributed by atoms with Gasteiger partial charge in [0.05, 0.1) is 0 Å². The van der Waals surface area contributed by atoms with Crippen molar-refractivity contribution in [3.63, 3.8) is 0 Å². The molecule has 0 N–H and O–H groups in total. The van der Waals surface area contributed by atoms with Gasteiger partial charge in [-0.2, -0.15) is 0 Å². The Morgan fingerprint density at radius 3 is 2.33 bits per heavy atom. The third-order valence-corrected chi connectivity index (χ3v) is 2.91. The smallest absolute Gasteiger partial charge is 0.0124 e. The van der Waals surface area contributed by atoms with Crippen LogP contribution in [0.25, 0.3) is 0 Å². The average Bonchev–Trinajstić information content (AvgIpc) is 2.66. The van der Waals surface area contributed by atoms with Crippen LogP contribution in [0.3, 0.4) is 0 Å². The first-order chi connectivity index (χ1) is 5.57. The molecule has 0 heteroatoms. The summed E-state index contributed by atoms with van der Waals surface area (Å²) in [6, 6.07) is 0. The van der Waals surface area contributed by atoms with Crippen LogP contribution in [0.4, 0.5) is 0 Å². The van der Waals surface area contributed by atoms with Gasteiger partial charge in [-0.3, -0.25) is 0 Å². The first-order valence-corrected chi connectivity index (χ1v) is 4.98. The van der Waals surface area contributed by atoms with Crippen molar-refractivity contribution in [3.8, 4) is 0 Å². The Hall–Kier alpha value is -0.520. The molecule has 0 spiro atoms. The molecule has 0 heterocycles. The standard InChI is InChI=1S/C12H18/c1-12(2,3)11-7-6-10(8-11)9-4-5-9/h6,8-9H,4-5,7H2,1-3H3. The normalized spacial score (nSPS) is 23.9. The van der Waals surface area contributed by atoms with Crippen molar-refractivity contribution in [1.82, 2.24) is 0 Å². The van der Waals surface area contributed by atoms with Gasteiger partial charge in [0.2, 0.25) is 0 Å². The molecule has 12 heavy (non-hydrogen) atoms. The molecule has 0 aromatic heterocycles. The van der Waals surface area contributed by atoms with Gasteiger partial charge in [0.15, 0.2) is 0 Å². The van der Waals surface area contributed by atoms with Crippen LogP contribution in [0.5, 0.6) is 0 Å². The maximum Gasteiger partial charge on any atom is -0.0124 e. The van der Waals surface area contributed by atoms with E-state index >= 15 is 0 Å². The zero-order valence-corrected chi connectivity index (χ0v) is 8.35. The molecule has 0 aromatic carbocycles. The molecular formula is C12H18. The van der Waals surface area contributed by atoms with Gasteiger partial charge < -0.3 is 0 Å². The summed E-state index contributed by atoms with van der Waals surface area (Å²) in [6.07, 6.45) is 8.94. The van der Waals surface area contributed by atoms with Crippen LogP contribution in [-0.4, -0.2) is 0 Å². The fraction of sp³-hybridized carbons (Fsp3) is 0.667. The van der Waals surface area contributed by atoms with E-state index in [9.17, 15) is 0 Å². The van der Waals surface area contributed by atoms with Crippen LogP contribution >= 0.6 is 0 Å². The molecule has 2 rings (SSSR count). The van der Waals surface area contributed by atoms with Crippen molar-refractivity contribution in [2.45, 2.75) is 40.0 Å². The maximum absolute atomic E-state index is 2.44. The molecule has 2 aliphatic carbocycles. The lowest BCUT2D eigenvalue weighted by Crippen LogP contribution is -2.07. The number of hydrogen-bond acceptors (Lipinski definition) is 0. The molecule has 0 saturated heterocycles. The molecule has 0 nitrogen and oxygen atoms in total. The lowest BCUT2D eigenvalue weighted by molar-refractivity contribution is 0.496. The summed E-state index contributed by atoms with van der Waals surface area (Å²) in [4.78, 5) is 0. The summed E-state index contributed by atoms with van der Waals surface area (Å²) >= 11 is 0. The predicted octanol–water partition coefficient (Wildman–Crippen LogP) is 3.70. The Kier molecular flexibility index (Phi) is 1.67. The van der Waals surface area contributed by atoms with Gasteiger partial charge in [-0.05, 0) is 36.2 Å². The topological polar surface area (TPSA) is 0 Å². The van der Waals surface area contributed by atoms with Gasteiger partial charge in [0, 0.05) is 0 Å². The van der Waals surface area contributed by atoms with E-state index in [0.29, 0.717) is 5.41 Å². The third kappa shape index (κ3) is 1.48. The van der Waals surface area contributed by atoms with Crippen molar-refractivity contribution < 1.29 is 0 Å². The Morgan fingerprint density at radius 1 is 1.25 bits per heavy atom. The van der Waals surface area contributed by atoms with Crippen LogP contribution < -0.4 is 0 Å². The molecule has 2 aliphatic rings. The summed E-state index contributed by atoms with van der Waals surface area (Å²) in [5.41, 5.74) is 3.62. The van der Waals surface area contributed by atoms with Crippen LogP contribution in [0.1, 0.15) is 40.0 Å². The molecule has 1 saturated carbocycles. The van der Waals surface area contributed by atoms with E-state index in [1.165, 1.54) is 19.3 Å². The highest BCUT2D eigenvalue weighted by Crippen LogP contribution is 2.43. The van der Waals surface area contributed by atoms with E-state index in [1.54, 1.807) is 11.1 Å². The molecule has 0 bridgehead atoms.